The number of esters is 1. The summed E-state index contributed by atoms with van der Waals surface area (Å²) < 4.78 is 28.0. The summed E-state index contributed by atoms with van der Waals surface area (Å²) in [6.45, 7) is 1.21. The van der Waals surface area contributed by atoms with Crippen molar-refractivity contribution in [3.8, 4) is 0 Å². The topological polar surface area (TPSA) is 44.8 Å². The summed E-state index contributed by atoms with van der Waals surface area (Å²) in [7, 11) is 2.79. The lowest BCUT2D eigenvalue weighted by Crippen LogP contribution is -2.06. The van der Waals surface area contributed by atoms with Crippen molar-refractivity contribution in [1.29, 1.82) is 0 Å². The largest absolute Gasteiger partial charge is 0.465 e. The number of carbonyl (C=O) groups excluding carboxylic acids is 1. The van der Waals surface area contributed by atoms with Crippen LogP contribution >= 0.6 is 0 Å². The van der Waals surface area contributed by atoms with Crippen molar-refractivity contribution in [2.75, 3.05) is 27.4 Å². The van der Waals surface area contributed by atoms with Crippen LogP contribution in [0.2, 0.25) is 0 Å². The van der Waals surface area contributed by atoms with Crippen LogP contribution < -0.4 is 0 Å². The first kappa shape index (κ1) is 13.6. The third-order valence-corrected chi connectivity index (χ3v) is 2.14. The Bertz CT molecular complexity index is 379. The van der Waals surface area contributed by atoms with Crippen LogP contribution in [0.15, 0.2) is 18.2 Å². The zero-order chi connectivity index (χ0) is 12.7. The summed E-state index contributed by atoms with van der Waals surface area (Å²) in [6.07, 6.45) is 0. The lowest BCUT2D eigenvalue weighted by molar-refractivity contribution is 0.0591. The first-order valence-electron chi connectivity index (χ1n) is 5.12. The summed E-state index contributed by atoms with van der Waals surface area (Å²) in [4.78, 5) is 11.1. The number of halogens is 1. The van der Waals surface area contributed by atoms with Gasteiger partial charge in [-0.05, 0) is 17.7 Å². The second-order valence-electron chi connectivity index (χ2n) is 3.35. The van der Waals surface area contributed by atoms with E-state index in [1.807, 2.05) is 0 Å². The lowest BCUT2D eigenvalue weighted by atomic mass is 10.1. The van der Waals surface area contributed by atoms with Crippen LogP contribution in [0.1, 0.15) is 15.9 Å². The van der Waals surface area contributed by atoms with Crippen LogP contribution in [0, 0.1) is 5.82 Å². The molecule has 94 valence electrons. The molecule has 1 rings (SSSR count). The Morgan fingerprint density at radius 2 is 2.06 bits per heavy atom. The maximum absolute atomic E-state index is 13.5. The van der Waals surface area contributed by atoms with Gasteiger partial charge in [-0.25, -0.2) is 9.18 Å². The van der Waals surface area contributed by atoms with Gasteiger partial charge in [-0.3, -0.25) is 0 Å². The maximum Gasteiger partial charge on any atom is 0.340 e. The van der Waals surface area contributed by atoms with Gasteiger partial charge in [0.25, 0.3) is 0 Å². The first-order chi connectivity index (χ1) is 8.19. The molecule has 0 saturated heterocycles. The Labute approximate surface area is 99.3 Å². The number of rotatable bonds is 6. The third-order valence-electron chi connectivity index (χ3n) is 2.14. The number of hydrogen-bond acceptors (Lipinski definition) is 4. The summed E-state index contributed by atoms with van der Waals surface area (Å²) in [5.74, 6) is -1.29. The molecule has 0 unspecified atom stereocenters. The molecule has 4 nitrogen and oxygen atoms in total. The predicted molar refractivity (Wildman–Crippen MR) is 59.3 cm³/mol. The van der Waals surface area contributed by atoms with Gasteiger partial charge in [-0.15, -0.1) is 0 Å². The maximum atomic E-state index is 13.5. The highest BCUT2D eigenvalue weighted by molar-refractivity contribution is 5.89. The zero-order valence-electron chi connectivity index (χ0n) is 9.86. The van der Waals surface area contributed by atoms with Gasteiger partial charge in [0.05, 0.1) is 32.5 Å². The number of methoxy groups -OCH3 is 2. The molecule has 17 heavy (non-hydrogen) atoms. The van der Waals surface area contributed by atoms with E-state index in [0.717, 1.165) is 0 Å². The van der Waals surface area contributed by atoms with Gasteiger partial charge >= 0.3 is 5.97 Å². The van der Waals surface area contributed by atoms with E-state index < -0.39 is 11.8 Å². The Morgan fingerprint density at radius 1 is 1.29 bits per heavy atom. The van der Waals surface area contributed by atoms with Crippen LogP contribution in [0.5, 0.6) is 0 Å². The summed E-state index contributed by atoms with van der Waals surface area (Å²) in [6, 6.07) is 4.28. The van der Waals surface area contributed by atoms with Crippen LogP contribution in [-0.4, -0.2) is 33.4 Å². The van der Waals surface area contributed by atoms with Crippen LogP contribution in [0.25, 0.3) is 0 Å². The van der Waals surface area contributed by atoms with Crippen LogP contribution in [-0.2, 0) is 20.8 Å². The number of benzene rings is 1. The number of carbonyl (C=O) groups is 1. The number of ether oxygens (including phenoxy) is 3. The molecule has 0 aliphatic carbocycles. The highest BCUT2D eigenvalue weighted by atomic mass is 19.1. The second kappa shape index (κ2) is 6.98. The van der Waals surface area contributed by atoms with E-state index in [2.05, 4.69) is 4.74 Å². The van der Waals surface area contributed by atoms with Gasteiger partial charge < -0.3 is 14.2 Å². The van der Waals surface area contributed by atoms with E-state index in [-0.39, 0.29) is 12.2 Å². The van der Waals surface area contributed by atoms with E-state index in [1.54, 1.807) is 13.2 Å². The molecule has 0 aromatic heterocycles. The standard InChI is InChI=1S/C12H15FO4/c1-15-5-6-17-8-9-3-4-10(11(13)7-9)12(14)16-2/h3-4,7H,5-6,8H2,1-2H3. The molecular weight excluding hydrogens is 227 g/mol. The Balaban J connectivity index is 2.59. The molecule has 1 aromatic carbocycles. The van der Waals surface area contributed by atoms with Gasteiger partial charge in [-0.1, -0.05) is 6.07 Å². The van der Waals surface area contributed by atoms with Gasteiger partial charge in [0.2, 0.25) is 0 Å². The van der Waals surface area contributed by atoms with E-state index in [9.17, 15) is 9.18 Å². The zero-order valence-corrected chi connectivity index (χ0v) is 9.86. The van der Waals surface area contributed by atoms with Crippen molar-refractivity contribution in [2.24, 2.45) is 0 Å². The van der Waals surface area contributed by atoms with Crippen molar-refractivity contribution < 1.29 is 23.4 Å². The normalized spacial score (nSPS) is 10.3. The van der Waals surface area contributed by atoms with Gasteiger partial charge in [0, 0.05) is 7.11 Å². The molecule has 0 spiro atoms. The lowest BCUT2D eigenvalue weighted by Gasteiger charge is -2.06. The highest BCUT2D eigenvalue weighted by Gasteiger charge is 2.12. The van der Waals surface area contributed by atoms with Gasteiger partial charge in [-0.2, -0.15) is 0 Å². The second-order valence-corrected chi connectivity index (χ2v) is 3.35. The van der Waals surface area contributed by atoms with Crippen molar-refractivity contribution in [3.05, 3.63) is 35.1 Å². The molecule has 0 aliphatic heterocycles. The molecule has 0 saturated carbocycles. The first-order valence-corrected chi connectivity index (χ1v) is 5.12. The van der Waals surface area contributed by atoms with Crippen molar-refractivity contribution in [1.82, 2.24) is 0 Å². The fourth-order valence-electron chi connectivity index (χ4n) is 1.26. The van der Waals surface area contributed by atoms with Crippen molar-refractivity contribution in [3.63, 3.8) is 0 Å². The Hall–Kier alpha value is -1.46. The molecule has 5 heteroatoms. The Morgan fingerprint density at radius 3 is 2.65 bits per heavy atom. The summed E-state index contributed by atoms with van der Waals surface area (Å²) in [5, 5.41) is 0. The third kappa shape index (κ3) is 4.13. The van der Waals surface area contributed by atoms with Crippen molar-refractivity contribution in [2.45, 2.75) is 6.61 Å². The fourth-order valence-corrected chi connectivity index (χ4v) is 1.26. The van der Waals surface area contributed by atoms with Crippen LogP contribution in [0.3, 0.4) is 0 Å². The summed E-state index contributed by atoms with van der Waals surface area (Å²) >= 11 is 0. The summed E-state index contributed by atoms with van der Waals surface area (Å²) in [5.41, 5.74) is 0.583. The average molecular weight is 242 g/mol. The molecule has 0 heterocycles. The average Bonchev–Trinajstić information content (AvgIpc) is 2.34. The molecule has 0 radical (unpaired) electrons. The minimum absolute atomic E-state index is 0.0758. The fraction of sp³-hybridized carbons (Fsp3) is 0.417. The van der Waals surface area contributed by atoms with E-state index in [1.165, 1.54) is 19.2 Å². The molecule has 0 amide bonds. The predicted octanol–water partition coefficient (Wildman–Crippen LogP) is 1.78. The molecule has 0 bridgehead atoms. The minimum Gasteiger partial charge on any atom is -0.465 e. The minimum atomic E-state index is -0.686. The smallest absolute Gasteiger partial charge is 0.340 e. The van der Waals surface area contributed by atoms with E-state index in [0.29, 0.717) is 18.8 Å². The van der Waals surface area contributed by atoms with Crippen molar-refractivity contribution >= 4 is 5.97 Å². The highest BCUT2D eigenvalue weighted by Crippen LogP contribution is 2.12. The van der Waals surface area contributed by atoms with Gasteiger partial charge in [0.1, 0.15) is 5.82 Å². The van der Waals surface area contributed by atoms with Crippen LogP contribution in [0.4, 0.5) is 4.39 Å². The monoisotopic (exact) mass is 242 g/mol. The molecule has 0 N–H and O–H groups in total. The SMILES string of the molecule is COCCOCc1ccc(C(=O)OC)c(F)c1. The van der Waals surface area contributed by atoms with E-state index >= 15 is 0 Å². The molecule has 0 aliphatic rings. The molecule has 1 aromatic rings. The van der Waals surface area contributed by atoms with Gasteiger partial charge in [0.15, 0.2) is 0 Å². The number of hydrogen-bond donors (Lipinski definition) is 0. The van der Waals surface area contributed by atoms with E-state index in [4.69, 9.17) is 9.47 Å². The Kier molecular flexibility index (Phi) is 5.59. The molecule has 0 atom stereocenters. The quantitative estimate of drug-likeness (QED) is 0.563. The molecule has 0 fully saturated rings. The molecular formula is C12H15FO4.